The fraction of sp³-hybridized carbons (Fsp3) is 0.0500. The van der Waals surface area contributed by atoms with Crippen molar-refractivity contribution in [3.05, 3.63) is 99.1 Å². The highest BCUT2D eigenvalue weighted by Crippen LogP contribution is 2.19. The molecule has 0 heterocycles. The molecule has 0 aromatic heterocycles. The van der Waals surface area contributed by atoms with Gasteiger partial charge in [-0.3, -0.25) is 15.5 Å². The Kier molecular flexibility index (Phi) is 6.02. The Morgan fingerprint density at radius 3 is 2.59 bits per heavy atom. The van der Waals surface area contributed by atoms with Gasteiger partial charge in [0.15, 0.2) is 0 Å². The van der Waals surface area contributed by atoms with Gasteiger partial charge in [0.25, 0.3) is 5.69 Å². The van der Waals surface area contributed by atoms with Crippen molar-refractivity contribution in [3.63, 3.8) is 0 Å². The minimum Gasteiger partial charge on any atom is -0.489 e. The van der Waals surface area contributed by atoms with E-state index in [2.05, 4.69) is 10.5 Å². The molecule has 0 saturated heterocycles. The van der Waals surface area contributed by atoms with Gasteiger partial charge in [-0.05, 0) is 35.9 Å². The number of non-ortho nitro benzene ring substituents is 1. The number of ether oxygens (including phenoxy) is 1. The fourth-order valence-electron chi connectivity index (χ4n) is 2.30. The second-order valence-corrected chi connectivity index (χ2v) is 6.03. The average Bonchev–Trinajstić information content (AvgIpc) is 2.68. The van der Waals surface area contributed by atoms with Crippen LogP contribution in [-0.2, 0) is 6.61 Å². The Morgan fingerprint density at radius 1 is 1.07 bits per heavy atom. The number of hydrazone groups is 1. The maximum Gasteiger partial charge on any atom is 0.269 e. The zero-order valence-corrected chi connectivity index (χ0v) is 15.0. The molecule has 3 rings (SSSR count). The smallest absolute Gasteiger partial charge is 0.269 e. The largest absolute Gasteiger partial charge is 0.489 e. The molecule has 0 bridgehead atoms. The van der Waals surface area contributed by atoms with Crippen LogP contribution in [0.3, 0.4) is 0 Å². The minimum atomic E-state index is -0.443. The molecule has 0 spiro atoms. The third-order valence-electron chi connectivity index (χ3n) is 3.70. The molecule has 0 unspecified atom stereocenters. The van der Waals surface area contributed by atoms with E-state index in [1.54, 1.807) is 18.3 Å². The van der Waals surface area contributed by atoms with E-state index in [0.29, 0.717) is 23.1 Å². The molecule has 0 aliphatic heterocycles. The second kappa shape index (κ2) is 8.82. The van der Waals surface area contributed by atoms with Gasteiger partial charge in [0, 0.05) is 22.7 Å². The van der Waals surface area contributed by atoms with Crippen LogP contribution < -0.4 is 10.2 Å². The van der Waals surface area contributed by atoms with E-state index in [0.717, 1.165) is 11.1 Å². The number of anilines is 1. The first-order valence-electron chi connectivity index (χ1n) is 8.11. The average molecular weight is 382 g/mol. The van der Waals surface area contributed by atoms with Gasteiger partial charge in [-0.15, -0.1) is 0 Å². The normalized spacial score (nSPS) is 10.7. The van der Waals surface area contributed by atoms with Crippen LogP contribution in [0, 0.1) is 10.1 Å². The number of nitrogens with one attached hydrogen (secondary N) is 1. The monoisotopic (exact) mass is 381 g/mol. The molecule has 0 radical (unpaired) electrons. The Bertz CT molecular complexity index is 959. The van der Waals surface area contributed by atoms with Crippen LogP contribution in [-0.4, -0.2) is 11.1 Å². The first-order chi connectivity index (χ1) is 13.1. The third-order valence-corrected chi connectivity index (χ3v) is 4.06. The highest BCUT2D eigenvalue weighted by Gasteiger charge is 2.03. The van der Waals surface area contributed by atoms with Gasteiger partial charge in [-0.2, -0.15) is 5.10 Å². The molecule has 3 aromatic carbocycles. The summed E-state index contributed by atoms with van der Waals surface area (Å²) in [7, 11) is 0. The molecule has 1 N–H and O–H groups in total. The van der Waals surface area contributed by atoms with Crippen molar-refractivity contribution in [1.82, 2.24) is 0 Å². The number of benzene rings is 3. The van der Waals surface area contributed by atoms with Gasteiger partial charge < -0.3 is 4.74 Å². The van der Waals surface area contributed by atoms with E-state index in [1.165, 1.54) is 12.1 Å². The summed E-state index contributed by atoms with van der Waals surface area (Å²) in [5.41, 5.74) is 5.29. The van der Waals surface area contributed by atoms with Crippen molar-refractivity contribution in [2.24, 2.45) is 5.10 Å². The van der Waals surface area contributed by atoms with Crippen molar-refractivity contribution >= 4 is 29.2 Å². The minimum absolute atomic E-state index is 0.0351. The SMILES string of the molecule is O=[N+]([O-])c1ccc(N/N=C\c2cccc(OCc3ccccc3Cl)c2)cc1. The van der Waals surface area contributed by atoms with Crippen LogP contribution in [0.5, 0.6) is 5.75 Å². The number of nitro benzene ring substituents is 1. The predicted octanol–water partition coefficient (Wildman–Crippen LogP) is 5.27. The summed E-state index contributed by atoms with van der Waals surface area (Å²) in [6, 6.07) is 21.0. The summed E-state index contributed by atoms with van der Waals surface area (Å²) < 4.78 is 5.78. The molecule has 0 aliphatic carbocycles. The molecule has 3 aromatic rings. The van der Waals surface area contributed by atoms with Crippen LogP contribution >= 0.6 is 11.6 Å². The summed E-state index contributed by atoms with van der Waals surface area (Å²) in [5, 5.41) is 15.4. The fourth-order valence-corrected chi connectivity index (χ4v) is 2.49. The number of nitrogens with zero attached hydrogens (tertiary/aromatic N) is 2. The summed E-state index contributed by atoms with van der Waals surface area (Å²) in [6.07, 6.45) is 1.64. The standard InChI is InChI=1S/C20H16ClN3O3/c21-20-7-2-1-5-16(20)14-27-19-6-3-4-15(12-19)13-22-23-17-8-10-18(11-9-17)24(25)26/h1-13,23H,14H2/b22-13-. The number of rotatable bonds is 7. The van der Waals surface area contributed by atoms with Crippen molar-refractivity contribution in [2.45, 2.75) is 6.61 Å². The van der Waals surface area contributed by atoms with E-state index in [9.17, 15) is 10.1 Å². The highest BCUT2D eigenvalue weighted by molar-refractivity contribution is 6.31. The third kappa shape index (κ3) is 5.29. The topological polar surface area (TPSA) is 76.8 Å². The number of hydrogen-bond donors (Lipinski definition) is 1. The Balaban J connectivity index is 1.59. The van der Waals surface area contributed by atoms with Crippen LogP contribution in [0.25, 0.3) is 0 Å². The van der Waals surface area contributed by atoms with Gasteiger partial charge >= 0.3 is 0 Å². The summed E-state index contributed by atoms with van der Waals surface area (Å²) in [5.74, 6) is 0.703. The molecular formula is C20H16ClN3O3. The lowest BCUT2D eigenvalue weighted by Crippen LogP contribution is -1.97. The Labute approximate surface area is 161 Å². The summed E-state index contributed by atoms with van der Waals surface area (Å²) in [6.45, 7) is 0.376. The van der Waals surface area contributed by atoms with E-state index in [4.69, 9.17) is 16.3 Å². The lowest BCUT2D eigenvalue weighted by Gasteiger charge is -2.08. The van der Waals surface area contributed by atoms with Gasteiger partial charge in [0.05, 0.1) is 16.8 Å². The van der Waals surface area contributed by atoms with E-state index >= 15 is 0 Å². The molecule has 0 fully saturated rings. The Morgan fingerprint density at radius 2 is 1.85 bits per heavy atom. The predicted molar refractivity (Wildman–Crippen MR) is 107 cm³/mol. The van der Waals surface area contributed by atoms with Crippen molar-refractivity contribution in [3.8, 4) is 5.75 Å². The highest BCUT2D eigenvalue weighted by atomic mass is 35.5. The molecule has 7 heteroatoms. The maximum absolute atomic E-state index is 10.6. The molecule has 0 saturated carbocycles. The van der Waals surface area contributed by atoms with Gasteiger partial charge in [0.1, 0.15) is 12.4 Å². The zero-order valence-electron chi connectivity index (χ0n) is 14.2. The molecule has 0 aliphatic rings. The first kappa shape index (κ1) is 18.4. The van der Waals surface area contributed by atoms with Crippen LogP contribution in [0.2, 0.25) is 5.02 Å². The quantitative estimate of drug-likeness (QED) is 0.343. The van der Waals surface area contributed by atoms with Gasteiger partial charge in [-0.1, -0.05) is 41.9 Å². The Hall–Kier alpha value is -3.38. The molecule has 0 atom stereocenters. The van der Waals surface area contributed by atoms with Crippen molar-refractivity contribution < 1.29 is 9.66 Å². The molecular weight excluding hydrogens is 366 g/mol. The summed E-state index contributed by atoms with van der Waals surface area (Å²) >= 11 is 6.13. The van der Waals surface area contributed by atoms with E-state index in [-0.39, 0.29) is 5.69 Å². The number of nitro groups is 1. The molecule has 136 valence electrons. The maximum atomic E-state index is 10.6. The van der Waals surface area contributed by atoms with Crippen LogP contribution in [0.4, 0.5) is 11.4 Å². The van der Waals surface area contributed by atoms with E-state index < -0.39 is 4.92 Å². The number of halogens is 1. The lowest BCUT2D eigenvalue weighted by molar-refractivity contribution is -0.384. The molecule has 6 nitrogen and oxygen atoms in total. The van der Waals surface area contributed by atoms with Crippen LogP contribution in [0.1, 0.15) is 11.1 Å². The summed E-state index contributed by atoms with van der Waals surface area (Å²) in [4.78, 5) is 10.2. The first-order valence-corrected chi connectivity index (χ1v) is 8.49. The lowest BCUT2D eigenvalue weighted by atomic mass is 10.2. The number of hydrogen-bond acceptors (Lipinski definition) is 5. The zero-order chi connectivity index (χ0) is 19.1. The van der Waals surface area contributed by atoms with Gasteiger partial charge in [-0.25, -0.2) is 0 Å². The molecule has 27 heavy (non-hydrogen) atoms. The van der Waals surface area contributed by atoms with Gasteiger partial charge in [0.2, 0.25) is 0 Å². The van der Waals surface area contributed by atoms with Crippen molar-refractivity contribution in [1.29, 1.82) is 0 Å². The molecule has 0 amide bonds. The van der Waals surface area contributed by atoms with Crippen LogP contribution in [0.15, 0.2) is 77.9 Å². The second-order valence-electron chi connectivity index (χ2n) is 5.63. The van der Waals surface area contributed by atoms with E-state index in [1.807, 2.05) is 48.5 Å². The van der Waals surface area contributed by atoms with Crippen molar-refractivity contribution in [2.75, 3.05) is 5.43 Å².